The Kier molecular flexibility index (Phi) is 3.71. The number of aromatic nitrogens is 1. The van der Waals surface area contributed by atoms with Gasteiger partial charge in [-0.1, -0.05) is 17.7 Å². The Morgan fingerprint density at radius 2 is 1.94 bits per heavy atom. The van der Waals surface area contributed by atoms with E-state index in [1.807, 2.05) is 12.1 Å². The van der Waals surface area contributed by atoms with E-state index in [2.05, 4.69) is 4.98 Å². The maximum absolute atomic E-state index is 13.6. The molecule has 0 spiro atoms. The molecule has 1 unspecified atom stereocenters. The second kappa shape index (κ2) is 5.25. The highest BCUT2D eigenvalue weighted by Gasteiger charge is 2.12. The lowest BCUT2D eigenvalue weighted by Gasteiger charge is -2.13. The molecule has 2 N–H and O–H groups in total. The summed E-state index contributed by atoms with van der Waals surface area (Å²) < 4.78 is 13.6. The van der Waals surface area contributed by atoms with Crippen LogP contribution in [0.5, 0.6) is 0 Å². The molecule has 0 aliphatic heterocycles. The molecule has 2 nitrogen and oxygen atoms in total. The van der Waals surface area contributed by atoms with Crippen molar-refractivity contribution in [2.45, 2.75) is 12.5 Å². The molecule has 1 atom stereocenters. The zero-order valence-electron chi connectivity index (χ0n) is 9.11. The van der Waals surface area contributed by atoms with Gasteiger partial charge in [-0.25, -0.2) is 4.39 Å². The van der Waals surface area contributed by atoms with Crippen molar-refractivity contribution < 1.29 is 4.39 Å². The Labute approximate surface area is 104 Å². The topological polar surface area (TPSA) is 38.9 Å². The van der Waals surface area contributed by atoms with Crippen LogP contribution in [0, 0.1) is 5.82 Å². The monoisotopic (exact) mass is 250 g/mol. The third kappa shape index (κ3) is 3.02. The number of nitrogens with two attached hydrogens (primary N) is 1. The molecule has 2 rings (SSSR count). The van der Waals surface area contributed by atoms with Gasteiger partial charge in [0.25, 0.3) is 0 Å². The Bertz CT molecular complexity index is 502. The standard InChI is InChI=1S/C13H12ClFN2/c14-10-1-2-11(12(15)8-10)13(16)7-9-3-5-17-6-4-9/h1-6,8,13H,7,16H2. The van der Waals surface area contributed by atoms with Gasteiger partial charge in [0.15, 0.2) is 0 Å². The first-order chi connectivity index (χ1) is 8.16. The van der Waals surface area contributed by atoms with Crippen molar-refractivity contribution in [2.24, 2.45) is 5.73 Å². The summed E-state index contributed by atoms with van der Waals surface area (Å²) >= 11 is 5.69. The summed E-state index contributed by atoms with van der Waals surface area (Å²) in [5, 5.41) is 0.377. The summed E-state index contributed by atoms with van der Waals surface area (Å²) in [5.74, 6) is -0.362. The van der Waals surface area contributed by atoms with E-state index in [9.17, 15) is 4.39 Å². The van der Waals surface area contributed by atoms with E-state index >= 15 is 0 Å². The van der Waals surface area contributed by atoms with Gasteiger partial charge in [-0.05, 0) is 36.2 Å². The number of hydrogen-bond acceptors (Lipinski definition) is 2. The number of benzene rings is 1. The van der Waals surface area contributed by atoms with Crippen molar-refractivity contribution in [1.29, 1.82) is 0 Å². The molecular weight excluding hydrogens is 239 g/mol. The van der Waals surface area contributed by atoms with Gasteiger partial charge in [0.2, 0.25) is 0 Å². The summed E-state index contributed by atoms with van der Waals surface area (Å²) in [6.45, 7) is 0. The first-order valence-corrected chi connectivity index (χ1v) is 5.64. The van der Waals surface area contributed by atoms with Crippen LogP contribution in [0.2, 0.25) is 5.02 Å². The average Bonchev–Trinajstić information content (AvgIpc) is 2.30. The van der Waals surface area contributed by atoms with E-state index in [0.29, 0.717) is 17.0 Å². The Morgan fingerprint density at radius 1 is 1.24 bits per heavy atom. The van der Waals surface area contributed by atoms with Crippen LogP contribution in [-0.4, -0.2) is 4.98 Å². The van der Waals surface area contributed by atoms with Gasteiger partial charge in [-0.3, -0.25) is 4.98 Å². The molecule has 1 aromatic carbocycles. The zero-order valence-corrected chi connectivity index (χ0v) is 9.86. The predicted molar refractivity (Wildman–Crippen MR) is 66.3 cm³/mol. The third-order valence-corrected chi connectivity index (χ3v) is 2.80. The van der Waals surface area contributed by atoms with Gasteiger partial charge >= 0.3 is 0 Å². The molecule has 0 aliphatic carbocycles. The zero-order chi connectivity index (χ0) is 12.3. The highest BCUT2D eigenvalue weighted by atomic mass is 35.5. The van der Waals surface area contributed by atoms with Gasteiger partial charge in [-0.2, -0.15) is 0 Å². The van der Waals surface area contributed by atoms with Crippen molar-refractivity contribution in [1.82, 2.24) is 4.98 Å². The van der Waals surface area contributed by atoms with Gasteiger partial charge in [0.05, 0.1) is 0 Å². The normalized spacial score (nSPS) is 12.4. The van der Waals surface area contributed by atoms with E-state index in [0.717, 1.165) is 5.56 Å². The number of pyridine rings is 1. The minimum atomic E-state index is -0.380. The molecule has 0 fully saturated rings. The van der Waals surface area contributed by atoms with E-state index in [1.54, 1.807) is 24.5 Å². The van der Waals surface area contributed by atoms with Crippen molar-refractivity contribution in [3.63, 3.8) is 0 Å². The lowest BCUT2D eigenvalue weighted by atomic mass is 10.00. The van der Waals surface area contributed by atoms with Crippen molar-refractivity contribution in [3.8, 4) is 0 Å². The maximum Gasteiger partial charge on any atom is 0.129 e. The second-order valence-corrected chi connectivity index (χ2v) is 4.27. The fourth-order valence-electron chi connectivity index (χ4n) is 1.68. The highest BCUT2D eigenvalue weighted by Crippen LogP contribution is 2.21. The molecule has 1 aromatic heterocycles. The van der Waals surface area contributed by atoms with Crippen LogP contribution in [0.3, 0.4) is 0 Å². The molecule has 1 heterocycles. The number of rotatable bonds is 3. The summed E-state index contributed by atoms with van der Waals surface area (Å²) in [6.07, 6.45) is 3.96. The van der Waals surface area contributed by atoms with Crippen LogP contribution in [0.25, 0.3) is 0 Å². The van der Waals surface area contributed by atoms with Crippen LogP contribution in [0.15, 0.2) is 42.7 Å². The summed E-state index contributed by atoms with van der Waals surface area (Å²) in [6, 6.07) is 7.91. The summed E-state index contributed by atoms with van der Waals surface area (Å²) in [4.78, 5) is 3.92. The molecule has 0 saturated carbocycles. The first kappa shape index (κ1) is 12.0. The predicted octanol–water partition coefficient (Wildman–Crippen LogP) is 3.12. The molecule has 0 radical (unpaired) electrons. The molecule has 88 valence electrons. The largest absolute Gasteiger partial charge is 0.324 e. The smallest absolute Gasteiger partial charge is 0.129 e. The lowest BCUT2D eigenvalue weighted by molar-refractivity contribution is 0.580. The Hall–Kier alpha value is -1.45. The molecule has 0 bridgehead atoms. The van der Waals surface area contributed by atoms with Gasteiger partial charge in [0.1, 0.15) is 5.82 Å². The van der Waals surface area contributed by atoms with Gasteiger partial charge < -0.3 is 5.73 Å². The molecule has 17 heavy (non-hydrogen) atoms. The van der Waals surface area contributed by atoms with Crippen molar-refractivity contribution >= 4 is 11.6 Å². The van der Waals surface area contributed by atoms with Gasteiger partial charge in [-0.15, -0.1) is 0 Å². The summed E-state index contributed by atoms with van der Waals surface area (Å²) in [7, 11) is 0. The van der Waals surface area contributed by atoms with E-state index in [1.165, 1.54) is 6.07 Å². The SMILES string of the molecule is NC(Cc1ccncc1)c1ccc(Cl)cc1F. The molecule has 2 aromatic rings. The number of nitrogens with zero attached hydrogens (tertiary/aromatic N) is 1. The maximum atomic E-state index is 13.6. The van der Waals surface area contributed by atoms with E-state index in [-0.39, 0.29) is 11.9 Å². The minimum absolute atomic E-state index is 0.362. The average molecular weight is 251 g/mol. The number of hydrogen-bond donors (Lipinski definition) is 1. The summed E-state index contributed by atoms with van der Waals surface area (Å²) in [5.41, 5.74) is 7.48. The number of halogens is 2. The highest BCUT2D eigenvalue weighted by molar-refractivity contribution is 6.30. The second-order valence-electron chi connectivity index (χ2n) is 3.83. The fourth-order valence-corrected chi connectivity index (χ4v) is 1.84. The molecule has 0 saturated heterocycles. The molecule has 0 aliphatic rings. The molecule has 0 amide bonds. The van der Waals surface area contributed by atoms with Crippen molar-refractivity contribution in [2.75, 3.05) is 0 Å². The van der Waals surface area contributed by atoms with Crippen LogP contribution in [0.1, 0.15) is 17.2 Å². The van der Waals surface area contributed by atoms with Crippen LogP contribution < -0.4 is 5.73 Å². The van der Waals surface area contributed by atoms with Crippen LogP contribution in [0.4, 0.5) is 4.39 Å². The van der Waals surface area contributed by atoms with Crippen LogP contribution in [-0.2, 0) is 6.42 Å². The lowest BCUT2D eigenvalue weighted by Crippen LogP contribution is -2.15. The quantitative estimate of drug-likeness (QED) is 0.909. The molecule has 4 heteroatoms. The van der Waals surface area contributed by atoms with Crippen molar-refractivity contribution in [3.05, 3.63) is 64.7 Å². The van der Waals surface area contributed by atoms with Gasteiger partial charge in [0, 0.05) is 29.0 Å². The Morgan fingerprint density at radius 3 is 2.59 bits per heavy atom. The fraction of sp³-hybridized carbons (Fsp3) is 0.154. The Balaban J connectivity index is 2.17. The van der Waals surface area contributed by atoms with E-state index < -0.39 is 0 Å². The molecular formula is C13H12ClFN2. The van der Waals surface area contributed by atoms with Crippen LogP contribution >= 0.6 is 11.6 Å². The van der Waals surface area contributed by atoms with E-state index in [4.69, 9.17) is 17.3 Å². The minimum Gasteiger partial charge on any atom is -0.324 e. The third-order valence-electron chi connectivity index (χ3n) is 2.57. The first-order valence-electron chi connectivity index (χ1n) is 5.26.